The van der Waals surface area contributed by atoms with Gasteiger partial charge in [-0.3, -0.25) is 19.8 Å². The lowest BCUT2D eigenvalue weighted by molar-refractivity contribution is -0.139. The van der Waals surface area contributed by atoms with E-state index in [0.717, 1.165) is 18.2 Å². The summed E-state index contributed by atoms with van der Waals surface area (Å²) in [4.78, 5) is 37.8. The summed E-state index contributed by atoms with van der Waals surface area (Å²) in [5.74, 6) is -3.19. The average molecular weight is 411 g/mol. The van der Waals surface area contributed by atoms with Crippen LogP contribution in [0.4, 0.5) is 14.5 Å². The van der Waals surface area contributed by atoms with E-state index in [1.54, 1.807) is 18.2 Å². The molecule has 154 valence electrons. The molecule has 2 unspecified atom stereocenters. The first-order valence-corrected chi connectivity index (χ1v) is 9.55. The molecule has 1 saturated heterocycles. The third-order valence-corrected chi connectivity index (χ3v) is 5.27. The maximum absolute atomic E-state index is 13.3. The van der Waals surface area contributed by atoms with Crippen LogP contribution in [0.5, 0.6) is 0 Å². The minimum atomic E-state index is -0.725. The number of nitrogens with one attached hydrogen (secondary N) is 2. The van der Waals surface area contributed by atoms with Crippen molar-refractivity contribution in [3.63, 3.8) is 0 Å². The molecule has 3 amide bonds. The summed E-state index contributed by atoms with van der Waals surface area (Å²) in [5, 5.41) is 3.77. The molecule has 2 N–H and O–H groups in total. The first-order valence-electron chi connectivity index (χ1n) is 9.55. The molecule has 30 heavy (non-hydrogen) atoms. The van der Waals surface area contributed by atoms with E-state index in [-0.39, 0.29) is 35.4 Å². The molecule has 1 aliphatic heterocycles. The minimum absolute atomic E-state index is 0.0623. The highest BCUT2D eigenvalue weighted by Gasteiger charge is 2.42. The van der Waals surface area contributed by atoms with Crippen LogP contribution in [0, 0.1) is 23.5 Å². The van der Waals surface area contributed by atoms with Gasteiger partial charge >= 0.3 is 0 Å². The predicted molar refractivity (Wildman–Crippen MR) is 105 cm³/mol. The van der Waals surface area contributed by atoms with Gasteiger partial charge in [-0.25, -0.2) is 13.8 Å². The van der Waals surface area contributed by atoms with Crippen LogP contribution in [0.1, 0.15) is 28.8 Å². The monoisotopic (exact) mass is 411 g/mol. The van der Waals surface area contributed by atoms with Crippen molar-refractivity contribution in [2.45, 2.75) is 19.4 Å². The number of benzene rings is 2. The zero-order chi connectivity index (χ0) is 21.3. The summed E-state index contributed by atoms with van der Waals surface area (Å²) in [5.41, 5.74) is 3.51. The van der Waals surface area contributed by atoms with E-state index in [4.69, 9.17) is 0 Å². The molecule has 0 saturated carbocycles. The van der Waals surface area contributed by atoms with Gasteiger partial charge in [-0.15, -0.1) is 0 Å². The van der Waals surface area contributed by atoms with Crippen LogP contribution in [0.25, 0.3) is 0 Å². The van der Waals surface area contributed by atoms with Crippen LogP contribution in [0.3, 0.4) is 0 Å². The molecular weight excluding hydrogens is 392 g/mol. The van der Waals surface area contributed by atoms with Crippen LogP contribution >= 0.6 is 0 Å². The first kappa shape index (κ1) is 19.8. The summed E-state index contributed by atoms with van der Waals surface area (Å²) < 4.78 is 26.6. The fourth-order valence-corrected chi connectivity index (χ4v) is 3.77. The fraction of sp³-hybridized carbons (Fsp3) is 0.227. The number of carbonyl (C=O) groups excluding carboxylic acids is 3. The van der Waals surface area contributed by atoms with Crippen LogP contribution in [0.15, 0.2) is 54.6 Å². The lowest BCUT2D eigenvalue weighted by Crippen LogP contribution is -2.59. The molecule has 2 aromatic rings. The topological polar surface area (TPSA) is 78.5 Å². The molecule has 0 spiro atoms. The number of amides is 3. The number of fused-ring (bicyclic) bond motifs is 1. The van der Waals surface area contributed by atoms with Crippen LogP contribution < -0.4 is 15.8 Å². The molecule has 2 atom stereocenters. The zero-order valence-corrected chi connectivity index (χ0v) is 15.9. The SMILES string of the molecule is O=C(NCc1cc(F)cc(F)c1)c1cccc(N2NC(=O)C3CC=CCC3C2=O)c1. The van der Waals surface area contributed by atoms with Gasteiger partial charge in [-0.05, 0) is 48.7 Å². The van der Waals surface area contributed by atoms with Crippen molar-refractivity contribution < 1.29 is 23.2 Å². The molecule has 6 nitrogen and oxygen atoms in total. The van der Waals surface area contributed by atoms with Crippen LogP contribution in [0.2, 0.25) is 0 Å². The zero-order valence-electron chi connectivity index (χ0n) is 15.9. The molecule has 1 aliphatic carbocycles. The van der Waals surface area contributed by atoms with Crippen molar-refractivity contribution in [2.75, 3.05) is 5.01 Å². The second kappa shape index (κ2) is 8.06. The number of carbonyl (C=O) groups is 3. The van der Waals surface area contributed by atoms with E-state index in [1.807, 2.05) is 12.2 Å². The van der Waals surface area contributed by atoms with Gasteiger partial charge in [0.15, 0.2) is 0 Å². The quantitative estimate of drug-likeness (QED) is 0.760. The lowest BCUT2D eigenvalue weighted by atomic mass is 9.80. The van der Waals surface area contributed by atoms with E-state index in [2.05, 4.69) is 10.7 Å². The number of hydrogen-bond donors (Lipinski definition) is 2. The van der Waals surface area contributed by atoms with Crippen LogP contribution in [-0.2, 0) is 16.1 Å². The highest BCUT2D eigenvalue weighted by Crippen LogP contribution is 2.32. The second-order valence-electron chi connectivity index (χ2n) is 7.32. The van der Waals surface area contributed by atoms with Gasteiger partial charge in [0.25, 0.3) is 5.91 Å². The molecule has 1 fully saturated rings. The van der Waals surface area contributed by atoms with Gasteiger partial charge < -0.3 is 5.32 Å². The van der Waals surface area contributed by atoms with Gasteiger partial charge in [0.1, 0.15) is 11.6 Å². The van der Waals surface area contributed by atoms with Crippen molar-refractivity contribution in [1.82, 2.24) is 10.7 Å². The summed E-state index contributed by atoms with van der Waals surface area (Å²) in [6, 6.07) is 9.28. The number of hydrazine groups is 1. The normalized spacial score (nSPS) is 20.5. The van der Waals surface area contributed by atoms with Crippen molar-refractivity contribution in [3.8, 4) is 0 Å². The Balaban J connectivity index is 1.49. The van der Waals surface area contributed by atoms with E-state index >= 15 is 0 Å². The highest BCUT2D eigenvalue weighted by molar-refractivity contribution is 6.05. The summed E-state index contributed by atoms with van der Waals surface area (Å²) in [6.07, 6.45) is 4.82. The van der Waals surface area contributed by atoms with Gasteiger partial charge in [-0.1, -0.05) is 18.2 Å². The van der Waals surface area contributed by atoms with Crippen molar-refractivity contribution in [3.05, 3.63) is 77.4 Å². The smallest absolute Gasteiger partial charge is 0.251 e. The standard InChI is InChI=1S/C22H19F2N3O3/c23-15-8-13(9-16(24)11-15)12-25-20(28)14-4-3-5-17(10-14)27-22(30)19-7-2-1-6-18(19)21(29)26-27/h1-5,8-11,18-19H,6-7,12H2,(H,25,28)(H,26,29). The number of hydrogen-bond acceptors (Lipinski definition) is 3. The predicted octanol–water partition coefficient (Wildman–Crippen LogP) is 2.86. The lowest BCUT2D eigenvalue weighted by Gasteiger charge is -2.38. The van der Waals surface area contributed by atoms with Gasteiger partial charge in [0.05, 0.1) is 17.5 Å². The van der Waals surface area contributed by atoms with E-state index in [9.17, 15) is 23.2 Å². The Hall–Kier alpha value is -3.55. The second-order valence-corrected chi connectivity index (χ2v) is 7.32. The third kappa shape index (κ3) is 3.94. The maximum Gasteiger partial charge on any atom is 0.251 e. The molecule has 8 heteroatoms. The molecule has 0 radical (unpaired) electrons. The molecular formula is C22H19F2N3O3. The van der Waals surface area contributed by atoms with Crippen molar-refractivity contribution >= 4 is 23.4 Å². The molecule has 0 aromatic heterocycles. The highest BCUT2D eigenvalue weighted by atomic mass is 19.1. The molecule has 1 heterocycles. The first-order chi connectivity index (χ1) is 14.4. The largest absolute Gasteiger partial charge is 0.348 e. The van der Waals surface area contributed by atoms with Crippen molar-refractivity contribution in [2.24, 2.45) is 11.8 Å². The Morgan fingerprint density at radius 1 is 1.03 bits per heavy atom. The number of rotatable bonds is 4. The summed E-state index contributed by atoms with van der Waals surface area (Å²) in [6.45, 7) is -0.0623. The maximum atomic E-state index is 13.3. The van der Waals surface area contributed by atoms with Gasteiger partial charge in [-0.2, -0.15) is 0 Å². The molecule has 2 aliphatic rings. The van der Waals surface area contributed by atoms with Gasteiger partial charge in [0, 0.05) is 18.2 Å². The Bertz CT molecular complexity index is 1030. The van der Waals surface area contributed by atoms with E-state index in [1.165, 1.54) is 11.1 Å². The van der Waals surface area contributed by atoms with E-state index < -0.39 is 23.5 Å². The molecule has 4 rings (SSSR count). The summed E-state index contributed by atoms with van der Waals surface area (Å²) in [7, 11) is 0. The Labute approximate surface area is 171 Å². The average Bonchev–Trinajstić information content (AvgIpc) is 2.74. The Morgan fingerprint density at radius 3 is 2.47 bits per heavy atom. The van der Waals surface area contributed by atoms with Crippen LogP contribution in [-0.4, -0.2) is 17.7 Å². The molecule has 2 aromatic carbocycles. The van der Waals surface area contributed by atoms with E-state index in [0.29, 0.717) is 18.5 Å². The van der Waals surface area contributed by atoms with Gasteiger partial charge in [0.2, 0.25) is 11.8 Å². The third-order valence-electron chi connectivity index (χ3n) is 5.27. The molecule has 0 bridgehead atoms. The Kier molecular flexibility index (Phi) is 5.31. The number of halogens is 2. The Morgan fingerprint density at radius 2 is 1.73 bits per heavy atom. The number of nitrogens with zero attached hydrogens (tertiary/aromatic N) is 1. The van der Waals surface area contributed by atoms with Crippen molar-refractivity contribution in [1.29, 1.82) is 0 Å². The minimum Gasteiger partial charge on any atom is -0.348 e. The number of allylic oxidation sites excluding steroid dienone is 2. The fourth-order valence-electron chi connectivity index (χ4n) is 3.77. The summed E-state index contributed by atoms with van der Waals surface area (Å²) >= 11 is 0. The number of anilines is 1.